The van der Waals surface area contributed by atoms with E-state index in [4.69, 9.17) is 0 Å². The molecule has 0 aliphatic heterocycles. The summed E-state index contributed by atoms with van der Waals surface area (Å²) < 4.78 is 0. The number of anilines is 1. The second kappa shape index (κ2) is 5.71. The van der Waals surface area contributed by atoms with Crippen LogP contribution >= 0.6 is 0 Å². The van der Waals surface area contributed by atoms with Crippen LogP contribution in [-0.4, -0.2) is 16.7 Å². The molecule has 22 heavy (non-hydrogen) atoms. The van der Waals surface area contributed by atoms with E-state index in [1.807, 2.05) is 0 Å². The zero-order valence-corrected chi connectivity index (χ0v) is 13.0. The molecule has 2 aliphatic carbocycles. The third-order valence-electron chi connectivity index (χ3n) is 5.42. The number of nitrogens with zero attached hydrogens (tertiary/aromatic N) is 1. The Morgan fingerprint density at radius 2 is 2.14 bits per heavy atom. The molecule has 1 N–H and O–H groups in total. The van der Waals surface area contributed by atoms with Gasteiger partial charge in [0.15, 0.2) is 5.78 Å². The number of nitro benzene ring substituents is 1. The van der Waals surface area contributed by atoms with Crippen LogP contribution in [0.4, 0.5) is 11.4 Å². The number of rotatable bonds is 5. The number of nitro groups is 1. The Bertz CT molecular complexity index is 614. The standard InChI is InChI=1S/C17H22N2O3/c1-10(15-8-12-3-4-14(15)7-12)18-16-6-5-13(11(2)20)9-17(16)19(21)22/h5-6,9-10,12,14-15,18H,3-4,7-8H2,1-2H3. The van der Waals surface area contributed by atoms with E-state index in [9.17, 15) is 14.9 Å². The molecule has 2 bridgehead atoms. The van der Waals surface area contributed by atoms with E-state index >= 15 is 0 Å². The summed E-state index contributed by atoms with van der Waals surface area (Å²) in [6.07, 6.45) is 5.20. The fraction of sp³-hybridized carbons (Fsp3) is 0.588. The van der Waals surface area contributed by atoms with Gasteiger partial charge in [0.25, 0.3) is 5.69 Å². The molecule has 0 aromatic heterocycles. The van der Waals surface area contributed by atoms with Crippen molar-refractivity contribution in [1.82, 2.24) is 0 Å². The zero-order chi connectivity index (χ0) is 15.9. The van der Waals surface area contributed by atoms with Crippen molar-refractivity contribution < 1.29 is 9.72 Å². The second-order valence-corrected chi connectivity index (χ2v) is 6.82. The molecule has 2 fully saturated rings. The Balaban J connectivity index is 1.79. The van der Waals surface area contributed by atoms with E-state index in [-0.39, 0.29) is 17.5 Å². The van der Waals surface area contributed by atoms with Gasteiger partial charge in [-0.1, -0.05) is 6.42 Å². The number of Topliss-reactive ketones (excluding diaryl/α,β-unsaturated/α-hetero) is 1. The minimum absolute atomic E-state index is 0.0114. The molecule has 118 valence electrons. The van der Waals surface area contributed by atoms with Crippen molar-refractivity contribution in [2.24, 2.45) is 17.8 Å². The number of hydrogen-bond acceptors (Lipinski definition) is 4. The SMILES string of the molecule is CC(=O)c1ccc(NC(C)C2CC3CCC2C3)c([N+](=O)[O-])c1. The lowest BCUT2D eigenvalue weighted by Crippen LogP contribution is -2.30. The van der Waals surface area contributed by atoms with Crippen LogP contribution in [0.5, 0.6) is 0 Å². The first-order chi connectivity index (χ1) is 10.5. The summed E-state index contributed by atoms with van der Waals surface area (Å²) in [7, 11) is 0. The summed E-state index contributed by atoms with van der Waals surface area (Å²) in [5.74, 6) is 2.07. The van der Waals surface area contributed by atoms with Gasteiger partial charge in [-0.25, -0.2) is 0 Å². The van der Waals surface area contributed by atoms with Crippen LogP contribution in [0.25, 0.3) is 0 Å². The van der Waals surface area contributed by atoms with Crippen molar-refractivity contribution >= 4 is 17.2 Å². The van der Waals surface area contributed by atoms with Crippen molar-refractivity contribution in [3.8, 4) is 0 Å². The van der Waals surface area contributed by atoms with Crippen LogP contribution in [0.2, 0.25) is 0 Å². The predicted octanol–water partition coefficient (Wildman–Crippen LogP) is 4.03. The molecule has 2 aliphatic rings. The molecule has 2 saturated carbocycles. The van der Waals surface area contributed by atoms with Gasteiger partial charge in [-0.2, -0.15) is 0 Å². The van der Waals surface area contributed by atoms with Gasteiger partial charge in [0.1, 0.15) is 5.69 Å². The smallest absolute Gasteiger partial charge is 0.293 e. The average Bonchev–Trinajstić information content (AvgIpc) is 3.09. The first kappa shape index (κ1) is 15.0. The highest BCUT2D eigenvalue weighted by Gasteiger charge is 2.42. The molecule has 5 heteroatoms. The number of fused-ring (bicyclic) bond motifs is 2. The molecule has 0 spiro atoms. The van der Waals surface area contributed by atoms with Crippen molar-refractivity contribution in [2.45, 2.75) is 45.6 Å². The van der Waals surface area contributed by atoms with Crippen LogP contribution in [0.3, 0.4) is 0 Å². The van der Waals surface area contributed by atoms with E-state index in [0.29, 0.717) is 17.2 Å². The van der Waals surface area contributed by atoms with Gasteiger partial charge < -0.3 is 5.32 Å². The fourth-order valence-corrected chi connectivity index (χ4v) is 4.28. The molecular weight excluding hydrogens is 280 g/mol. The van der Waals surface area contributed by atoms with Crippen molar-refractivity contribution in [3.63, 3.8) is 0 Å². The maximum Gasteiger partial charge on any atom is 0.293 e. The third kappa shape index (κ3) is 2.72. The quantitative estimate of drug-likeness (QED) is 0.506. The molecule has 4 atom stereocenters. The van der Waals surface area contributed by atoms with E-state index in [1.54, 1.807) is 12.1 Å². The molecule has 0 radical (unpaired) electrons. The predicted molar refractivity (Wildman–Crippen MR) is 85.1 cm³/mol. The number of carbonyl (C=O) groups is 1. The topological polar surface area (TPSA) is 72.2 Å². The first-order valence-corrected chi connectivity index (χ1v) is 8.01. The number of benzene rings is 1. The summed E-state index contributed by atoms with van der Waals surface area (Å²) in [5, 5.41) is 14.6. The fourth-order valence-electron chi connectivity index (χ4n) is 4.28. The van der Waals surface area contributed by atoms with Gasteiger partial charge in [0, 0.05) is 17.7 Å². The Kier molecular flexibility index (Phi) is 3.89. The van der Waals surface area contributed by atoms with E-state index in [0.717, 1.165) is 11.8 Å². The molecule has 0 saturated heterocycles. The highest BCUT2D eigenvalue weighted by molar-refractivity contribution is 5.95. The highest BCUT2D eigenvalue weighted by atomic mass is 16.6. The van der Waals surface area contributed by atoms with Crippen LogP contribution in [0.15, 0.2) is 18.2 Å². The number of nitrogens with one attached hydrogen (secondary N) is 1. The summed E-state index contributed by atoms with van der Waals surface area (Å²) in [6.45, 7) is 3.54. The molecule has 4 unspecified atom stereocenters. The molecule has 0 heterocycles. The third-order valence-corrected chi connectivity index (χ3v) is 5.42. The van der Waals surface area contributed by atoms with Crippen LogP contribution in [-0.2, 0) is 0 Å². The molecular formula is C17H22N2O3. The van der Waals surface area contributed by atoms with E-state index < -0.39 is 4.92 Å². The van der Waals surface area contributed by atoms with E-state index in [1.165, 1.54) is 38.7 Å². The van der Waals surface area contributed by atoms with Gasteiger partial charge in [-0.3, -0.25) is 14.9 Å². The van der Waals surface area contributed by atoms with Crippen LogP contribution < -0.4 is 5.32 Å². The Hall–Kier alpha value is -1.91. The van der Waals surface area contributed by atoms with Gasteiger partial charge in [0.2, 0.25) is 0 Å². The summed E-state index contributed by atoms with van der Waals surface area (Å²) in [4.78, 5) is 22.3. The lowest BCUT2D eigenvalue weighted by molar-refractivity contribution is -0.384. The summed E-state index contributed by atoms with van der Waals surface area (Å²) in [5.41, 5.74) is 0.887. The van der Waals surface area contributed by atoms with Crippen molar-refractivity contribution in [1.29, 1.82) is 0 Å². The summed E-state index contributed by atoms with van der Waals surface area (Å²) >= 11 is 0. The Morgan fingerprint density at radius 1 is 1.36 bits per heavy atom. The highest BCUT2D eigenvalue weighted by Crippen LogP contribution is 2.50. The minimum atomic E-state index is -0.414. The van der Waals surface area contributed by atoms with Gasteiger partial charge in [-0.15, -0.1) is 0 Å². The van der Waals surface area contributed by atoms with Gasteiger partial charge >= 0.3 is 0 Å². The maximum atomic E-state index is 11.4. The minimum Gasteiger partial charge on any atom is -0.377 e. The molecule has 1 aromatic carbocycles. The van der Waals surface area contributed by atoms with Gasteiger partial charge in [0.05, 0.1) is 4.92 Å². The maximum absolute atomic E-state index is 11.4. The number of hydrogen-bond donors (Lipinski definition) is 1. The zero-order valence-electron chi connectivity index (χ0n) is 13.0. The molecule has 1 aromatic rings. The van der Waals surface area contributed by atoms with Gasteiger partial charge in [-0.05, 0) is 63.0 Å². The lowest BCUT2D eigenvalue weighted by Gasteiger charge is -2.29. The monoisotopic (exact) mass is 302 g/mol. The average molecular weight is 302 g/mol. The first-order valence-electron chi connectivity index (χ1n) is 8.01. The summed E-state index contributed by atoms with van der Waals surface area (Å²) in [6, 6.07) is 4.92. The van der Waals surface area contributed by atoms with E-state index in [2.05, 4.69) is 12.2 Å². The molecule has 5 nitrogen and oxygen atoms in total. The number of carbonyl (C=O) groups excluding carboxylic acids is 1. The second-order valence-electron chi connectivity index (χ2n) is 6.82. The van der Waals surface area contributed by atoms with Crippen molar-refractivity contribution in [2.75, 3.05) is 5.32 Å². The lowest BCUT2D eigenvalue weighted by atomic mass is 9.84. The normalized spacial score (nSPS) is 27.6. The van der Waals surface area contributed by atoms with Crippen LogP contribution in [0, 0.1) is 27.9 Å². The Labute approximate surface area is 130 Å². The molecule has 3 rings (SSSR count). The molecule has 0 amide bonds. The number of ketones is 1. The van der Waals surface area contributed by atoms with Crippen molar-refractivity contribution in [3.05, 3.63) is 33.9 Å². The van der Waals surface area contributed by atoms with Crippen LogP contribution in [0.1, 0.15) is 49.9 Å². The largest absolute Gasteiger partial charge is 0.377 e. The Morgan fingerprint density at radius 3 is 2.68 bits per heavy atom.